The van der Waals surface area contributed by atoms with Crippen LogP contribution in [-0.2, 0) is 33.3 Å². The van der Waals surface area contributed by atoms with Gasteiger partial charge in [-0.25, -0.2) is 0 Å². The SMILES string of the molecule is CC(C)(C)C(=O)OCO[C@@]1(O)OC[P+](C)(C)[C@H](C(=O)NCCC(=O)O)O1. The van der Waals surface area contributed by atoms with Crippen molar-refractivity contribution >= 4 is 25.1 Å². The van der Waals surface area contributed by atoms with E-state index < -0.39 is 49.3 Å². The zero-order valence-electron chi connectivity index (χ0n) is 15.6. The minimum atomic E-state index is -2.54. The number of nitrogens with one attached hydrogen (secondary N) is 1. The first kappa shape index (κ1) is 22.7. The number of hydrogen-bond acceptors (Lipinski definition) is 8. The second-order valence-electron chi connectivity index (χ2n) is 7.42. The van der Waals surface area contributed by atoms with E-state index in [4.69, 9.17) is 24.1 Å². The molecule has 0 aromatic heterocycles. The molecule has 1 heterocycles. The zero-order chi connectivity index (χ0) is 20.2. The van der Waals surface area contributed by atoms with Crippen LogP contribution in [0.1, 0.15) is 27.2 Å². The van der Waals surface area contributed by atoms with Crippen LogP contribution in [0.25, 0.3) is 0 Å². The molecule has 26 heavy (non-hydrogen) atoms. The van der Waals surface area contributed by atoms with Crippen molar-refractivity contribution in [1.29, 1.82) is 0 Å². The van der Waals surface area contributed by atoms with Gasteiger partial charge in [-0.1, -0.05) is 0 Å². The first-order chi connectivity index (χ1) is 11.8. The predicted octanol–water partition coefficient (Wildman–Crippen LogP) is 0.352. The molecule has 0 aromatic carbocycles. The molecule has 1 aliphatic rings. The van der Waals surface area contributed by atoms with Gasteiger partial charge in [0.15, 0.2) is 13.1 Å². The van der Waals surface area contributed by atoms with Crippen LogP contribution in [-0.4, -0.2) is 73.1 Å². The van der Waals surface area contributed by atoms with Crippen LogP contribution in [0.2, 0.25) is 0 Å². The minimum absolute atomic E-state index is 0.0216. The maximum absolute atomic E-state index is 12.3. The number of amides is 1. The van der Waals surface area contributed by atoms with Crippen LogP contribution in [0.15, 0.2) is 0 Å². The van der Waals surface area contributed by atoms with E-state index >= 15 is 0 Å². The van der Waals surface area contributed by atoms with E-state index in [1.807, 2.05) is 0 Å². The number of ether oxygens (including phenoxy) is 4. The van der Waals surface area contributed by atoms with E-state index in [1.54, 1.807) is 34.1 Å². The molecule has 1 rings (SSSR count). The predicted molar refractivity (Wildman–Crippen MR) is 91.3 cm³/mol. The van der Waals surface area contributed by atoms with Gasteiger partial charge in [0.2, 0.25) is 0 Å². The average molecular weight is 396 g/mol. The van der Waals surface area contributed by atoms with Gasteiger partial charge in [0.25, 0.3) is 11.8 Å². The summed E-state index contributed by atoms with van der Waals surface area (Å²) in [5, 5.41) is 21.3. The fourth-order valence-corrected chi connectivity index (χ4v) is 3.61. The molecule has 0 aromatic rings. The third-order valence-electron chi connectivity index (χ3n) is 3.38. The number of hydrogen-bond donors (Lipinski definition) is 3. The largest absolute Gasteiger partial charge is 0.481 e. The summed E-state index contributed by atoms with van der Waals surface area (Å²) in [6, 6.07) is 0. The highest BCUT2D eigenvalue weighted by molar-refractivity contribution is 7.75. The Morgan fingerprint density at radius 2 is 1.92 bits per heavy atom. The average Bonchev–Trinajstić information content (AvgIpc) is 2.48. The summed E-state index contributed by atoms with van der Waals surface area (Å²) in [5.41, 5.74) is -0.750. The Kier molecular flexibility index (Phi) is 7.50. The molecular weight excluding hydrogens is 369 g/mol. The van der Waals surface area contributed by atoms with Crippen molar-refractivity contribution < 1.29 is 43.5 Å². The summed E-state index contributed by atoms with van der Waals surface area (Å²) in [4.78, 5) is 34.5. The second-order valence-corrected chi connectivity index (χ2v) is 11.7. The van der Waals surface area contributed by atoms with Crippen LogP contribution < -0.4 is 5.32 Å². The first-order valence-electron chi connectivity index (χ1n) is 7.94. The minimum Gasteiger partial charge on any atom is -0.481 e. The lowest BCUT2D eigenvalue weighted by Crippen LogP contribution is -2.53. The molecule has 1 saturated heterocycles. The third kappa shape index (κ3) is 6.77. The highest BCUT2D eigenvalue weighted by Crippen LogP contribution is 2.60. The maximum Gasteiger partial charge on any atom is 0.419 e. The van der Waals surface area contributed by atoms with Crippen molar-refractivity contribution in [3.63, 3.8) is 0 Å². The molecular formula is C15H27NO9P+. The Morgan fingerprint density at radius 1 is 1.31 bits per heavy atom. The summed E-state index contributed by atoms with van der Waals surface area (Å²) < 4.78 is 20.3. The van der Waals surface area contributed by atoms with E-state index in [-0.39, 0.29) is 19.3 Å². The number of esters is 1. The van der Waals surface area contributed by atoms with Gasteiger partial charge in [-0.3, -0.25) is 28.6 Å². The quantitative estimate of drug-likeness (QED) is 0.316. The van der Waals surface area contributed by atoms with E-state index in [1.165, 1.54) is 0 Å². The fraction of sp³-hybridized carbons (Fsp3) is 0.800. The van der Waals surface area contributed by atoms with Gasteiger partial charge in [0, 0.05) is 6.54 Å². The maximum atomic E-state index is 12.3. The molecule has 0 unspecified atom stereocenters. The molecule has 11 heteroatoms. The number of carboxylic acid groups (broad SMARTS) is 1. The van der Waals surface area contributed by atoms with Gasteiger partial charge in [0.1, 0.15) is 0 Å². The van der Waals surface area contributed by atoms with Gasteiger partial charge >= 0.3 is 18.1 Å². The van der Waals surface area contributed by atoms with Crippen molar-refractivity contribution in [2.24, 2.45) is 5.41 Å². The highest BCUT2D eigenvalue weighted by atomic mass is 31.2. The molecule has 0 saturated carbocycles. The lowest BCUT2D eigenvalue weighted by molar-refractivity contribution is -0.497. The third-order valence-corrected chi connectivity index (χ3v) is 5.79. The Hall–Kier alpha value is -1.32. The Balaban J connectivity index is 2.64. The molecule has 3 N–H and O–H groups in total. The first-order valence-corrected chi connectivity index (χ1v) is 10.9. The van der Waals surface area contributed by atoms with Crippen molar-refractivity contribution in [1.82, 2.24) is 5.32 Å². The topological polar surface area (TPSA) is 141 Å². The molecule has 2 atom stereocenters. The van der Waals surface area contributed by atoms with Crippen molar-refractivity contribution in [2.45, 2.75) is 39.2 Å². The molecule has 10 nitrogen and oxygen atoms in total. The van der Waals surface area contributed by atoms with Crippen LogP contribution in [0.5, 0.6) is 0 Å². The molecule has 1 fully saturated rings. The smallest absolute Gasteiger partial charge is 0.419 e. The number of aliphatic carboxylic acids is 1. The lowest BCUT2D eigenvalue weighted by Gasteiger charge is -2.38. The van der Waals surface area contributed by atoms with Crippen LogP contribution in [0.4, 0.5) is 0 Å². The number of carbonyl (C=O) groups excluding carboxylic acids is 2. The van der Waals surface area contributed by atoms with Crippen LogP contribution >= 0.6 is 7.26 Å². The number of aliphatic hydroxyl groups is 1. The van der Waals surface area contributed by atoms with Crippen molar-refractivity contribution in [2.75, 3.05) is 33.0 Å². The van der Waals surface area contributed by atoms with Crippen LogP contribution in [0.3, 0.4) is 0 Å². The van der Waals surface area contributed by atoms with E-state index in [0.29, 0.717) is 0 Å². The highest BCUT2D eigenvalue weighted by Gasteiger charge is 2.55. The molecule has 1 amide bonds. The molecule has 0 aliphatic carbocycles. The molecule has 0 radical (unpaired) electrons. The second kappa shape index (κ2) is 8.58. The molecule has 0 spiro atoms. The van der Waals surface area contributed by atoms with E-state index in [0.717, 1.165) is 0 Å². The van der Waals surface area contributed by atoms with Gasteiger partial charge in [-0.2, -0.15) is 0 Å². The number of carbonyl (C=O) groups is 3. The summed E-state index contributed by atoms with van der Waals surface area (Å²) in [6.07, 6.45) is -2.76. The van der Waals surface area contributed by atoms with E-state index in [9.17, 15) is 19.5 Å². The lowest BCUT2D eigenvalue weighted by atomic mass is 9.98. The molecule has 0 bridgehead atoms. The standard InChI is InChI=1S/C15H26NO9P/c1-14(2,3)13(20)22-8-23-15(21)24-9-26(4,5)12(25-15)11(19)16-7-6-10(17)18/h12,21H,6-9H2,1-5H3,(H-,16,17,18,19)/p+1/t12-,15+/m1/s1. The van der Waals surface area contributed by atoms with Crippen molar-refractivity contribution in [3.05, 3.63) is 0 Å². The summed E-state index contributed by atoms with van der Waals surface area (Å²) in [7, 11) is -2.08. The Morgan fingerprint density at radius 3 is 2.46 bits per heavy atom. The molecule has 150 valence electrons. The van der Waals surface area contributed by atoms with Gasteiger partial charge in [-0.05, 0) is 20.8 Å². The number of carboxylic acids is 1. The summed E-state index contributed by atoms with van der Waals surface area (Å²) in [5.74, 6) is -3.23. The van der Waals surface area contributed by atoms with Gasteiger partial charge in [-0.15, -0.1) is 0 Å². The normalized spacial score (nSPS) is 25.4. The molecule has 1 aliphatic heterocycles. The Bertz CT molecular complexity index is 546. The zero-order valence-corrected chi connectivity index (χ0v) is 16.5. The number of rotatable bonds is 7. The van der Waals surface area contributed by atoms with Gasteiger partial charge in [0.05, 0.1) is 32.4 Å². The van der Waals surface area contributed by atoms with Gasteiger partial charge < -0.3 is 20.3 Å². The van der Waals surface area contributed by atoms with Crippen LogP contribution in [0, 0.1) is 5.41 Å². The van der Waals surface area contributed by atoms with Crippen molar-refractivity contribution in [3.8, 4) is 0 Å². The Labute approximate surface area is 152 Å². The fourth-order valence-electron chi connectivity index (χ4n) is 1.83. The summed E-state index contributed by atoms with van der Waals surface area (Å²) >= 11 is 0. The monoisotopic (exact) mass is 396 g/mol. The summed E-state index contributed by atoms with van der Waals surface area (Å²) in [6.45, 7) is 7.84. The van der Waals surface area contributed by atoms with E-state index in [2.05, 4.69) is 5.32 Å².